The molecule has 0 saturated carbocycles. The first-order valence-electron chi connectivity index (χ1n) is 4.87. The lowest BCUT2D eigenvalue weighted by atomic mass is 10.1. The summed E-state index contributed by atoms with van der Waals surface area (Å²) in [5.41, 5.74) is 1.86. The van der Waals surface area contributed by atoms with Gasteiger partial charge in [-0.1, -0.05) is 6.07 Å². The van der Waals surface area contributed by atoms with Gasteiger partial charge in [0.2, 0.25) is 0 Å². The highest BCUT2D eigenvalue weighted by Crippen LogP contribution is 2.16. The Morgan fingerprint density at radius 2 is 2.33 bits per heavy atom. The Labute approximate surface area is 87.1 Å². The van der Waals surface area contributed by atoms with Crippen molar-refractivity contribution < 1.29 is 9.90 Å². The van der Waals surface area contributed by atoms with Crippen LogP contribution < -0.4 is 0 Å². The topological polar surface area (TPSA) is 55.1 Å². The van der Waals surface area contributed by atoms with E-state index in [2.05, 4.69) is 5.10 Å². The number of carbonyl (C=O) groups is 1. The highest BCUT2D eigenvalue weighted by molar-refractivity contribution is 5.81. The maximum atomic E-state index is 10.5. The summed E-state index contributed by atoms with van der Waals surface area (Å²) in [7, 11) is 0. The van der Waals surface area contributed by atoms with Crippen LogP contribution >= 0.6 is 0 Å². The van der Waals surface area contributed by atoms with Crippen LogP contribution in [-0.4, -0.2) is 20.9 Å². The third-order valence-electron chi connectivity index (χ3n) is 2.36. The molecule has 0 bridgehead atoms. The van der Waals surface area contributed by atoms with Crippen molar-refractivity contribution in [1.82, 2.24) is 9.78 Å². The van der Waals surface area contributed by atoms with Crippen molar-refractivity contribution >= 4 is 16.9 Å². The first-order valence-corrected chi connectivity index (χ1v) is 4.87. The molecule has 0 spiro atoms. The predicted molar refractivity (Wildman–Crippen MR) is 56.7 cm³/mol. The van der Waals surface area contributed by atoms with E-state index in [1.807, 2.05) is 29.8 Å². The minimum absolute atomic E-state index is 0.0627. The number of benzene rings is 1. The van der Waals surface area contributed by atoms with E-state index in [4.69, 9.17) is 5.11 Å². The van der Waals surface area contributed by atoms with Gasteiger partial charge in [-0.15, -0.1) is 0 Å². The number of carboxylic acids is 1. The van der Waals surface area contributed by atoms with Crippen LogP contribution in [0.15, 0.2) is 24.4 Å². The number of aromatic nitrogens is 2. The SMILES string of the molecule is CCn1ncc2cc(CC(=O)O)ccc21. The molecule has 1 aromatic carbocycles. The molecule has 2 aromatic rings. The molecule has 0 saturated heterocycles. The molecule has 0 fully saturated rings. The maximum Gasteiger partial charge on any atom is 0.307 e. The summed E-state index contributed by atoms with van der Waals surface area (Å²) in [4.78, 5) is 10.5. The number of aliphatic carboxylic acids is 1. The third kappa shape index (κ3) is 1.83. The number of aryl methyl sites for hydroxylation is 1. The standard InChI is InChI=1S/C11H12N2O2/c1-2-13-10-4-3-8(6-11(14)15)5-9(10)7-12-13/h3-5,7H,2,6H2,1H3,(H,14,15). The van der Waals surface area contributed by atoms with Crippen molar-refractivity contribution in [1.29, 1.82) is 0 Å². The molecule has 4 heteroatoms. The molecule has 1 heterocycles. The lowest BCUT2D eigenvalue weighted by molar-refractivity contribution is -0.136. The Morgan fingerprint density at radius 3 is 3.00 bits per heavy atom. The lowest BCUT2D eigenvalue weighted by Crippen LogP contribution is -2.00. The second kappa shape index (κ2) is 3.73. The Bertz CT molecular complexity index is 502. The van der Waals surface area contributed by atoms with Gasteiger partial charge in [-0.05, 0) is 24.6 Å². The summed E-state index contributed by atoms with van der Waals surface area (Å²) in [5.74, 6) is -0.808. The molecule has 0 atom stereocenters. The number of carboxylic acid groups (broad SMARTS) is 1. The summed E-state index contributed by atoms with van der Waals surface area (Å²) in [5, 5.41) is 13.9. The number of hydrogen-bond acceptors (Lipinski definition) is 2. The van der Waals surface area contributed by atoms with Gasteiger partial charge < -0.3 is 5.11 Å². The molecule has 4 nitrogen and oxygen atoms in total. The number of fused-ring (bicyclic) bond motifs is 1. The van der Waals surface area contributed by atoms with Crippen LogP contribution in [0.5, 0.6) is 0 Å². The number of hydrogen-bond donors (Lipinski definition) is 1. The van der Waals surface area contributed by atoms with Crippen molar-refractivity contribution in [2.45, 2.75) is 19.9 Å². The van der Waals surface area contributed by atoms with Crippen LogP contribution in [0.25, 0.3) is 10.9 Å². The van der Waals surface area contributed by atoms with E-state index in [-0.39, 0.29) is 6.42 Å². The van der Waals surface area contributed by atoms with Gasteiger partial charge in [0, 0.05) is 11.9 Å². The lowest BCUT2D eigenvalue weighted by Gasteiger charge is -2.00. The van der Waals surface area contributed by atoms with Gasteiger partial charge in [0.15, 0.2) is 0 Å². The zero-order valence-corrected chi connectivity index (χ0v) is 8.47. The van der Waals surface area contributed by atoms with Crippen molar-refractivity contribution in [2.75, 3.05) is 0 Å². The van der Waals surface area contributed by atoms with Gasteiger partial charge in [0.1, 0.15) is 0 Å². The molecule has 1 N–H and O–H groups in total. The quantitative estimate of drug-likeness (QED) is 0.827. The van der Waals surface area contributed by atoms with E-state index in [1.165, 1.54) is 0 Å². The van der Waals surface area contributed by atoms with Crippen molar-refractivity contribution in [3.8, 4) is 0 Å². The molecule has 0 radical (unpaired) electrons. The normalized spacial score (nSPS) is 10.7. The van der Waals surface area contributed by atoms with Crippen LogP contribution in [0.2, 0.25) is 0 Å². The molecule has 15 heavy (non-hydrogen) atoms. The molecule has 1 aromatic heterocycles. The average molecular weight is 204 g/mol. The van der Waals surface area contributed by atoms with Crippen LogP contribution in [-0.2, 0) is 17.8 Å². The fourth-order valence-electron chi connectivity index (χ4n) is 1.67. The summed E-state index contributed by atoms with van der Waals surface area (Å²) in [6.07, 6.45) is 1.83. The van der Waals surface area contributed by atoms with Gasteiger partial charge in [-0.2, -0.15) is 5.10 Å². The second-order valence-electron chi connectivity index (χ2n) is 3.42. The summed E-state index contributed by atoms with van der Waals surface area (Å²) < 4.78 is 1.89. The van der Waals surface area contributed by atoms with Gasteiger partial charge in [0.05, 0.1) is 18.1 Å². The van der Waals surface area contributed by atoms with Crippen molar-refractivity contribution in [2.24, 2.45) is 0 Å². The summed E-state index contributed by atoms with van der Waals surface area (Å²) in [6, 6.07) is 5.64. The fourth-order valence-corrected chi connectivity index (χ4v) is 1.67. The monoisotopic (exact) mass is 204 g/mol. The molecule has 2 rings (SSSR count). The molecule has 0 unspecified atom stereocenters. The molecule has 0 amide bonds. The third-order valence-corrected chi connectivity index (χ3v) is 2.36. The van der Waals surface area contributed by atoms with Crippen LogP contribution in [0.3, 0.4) is 0 Å². The first-order chi connectivity index (χ1) is 7.20. The van der Waals surface area contributed by atoms with Crippen molar-refractivity contribution in [3.05, 3.63) is 30.0 Å². The Morgan fingerprint density at radius 1 is 1.53 bits per heavy atom. The maximum absolute atomic E-state index is 10.5. The second-order valence-corrected chi connectivity index (χ2v) is 3.42. The van der Waals surface area contributed by atoms with Crippen molar-refractivity contribution in [3.63, 3.8) is 0 Å². The van der Waals surface area contributed by atoms with Gasteiger partial charge >= 0.3 is 5.97 Å². The number of rotatable bonds is 3. The molecule has 0 aliphatic rings. The zero-order valence-electron chi connectivity index (χ0n) is 8.47. The van der Waals surface area contributed by atoms with Gasteiger partial charge in [0.25, 0.3) is 0 Å². The Balaban J connectivity index is 2.44. The molecular weight excluding hydrogens is 192 g/mol. The molecule has 0 aliphatic heterocycles. The minimum atomic E-state index is -0.808. The zero-order chi connectivity index (χ0) is 10.8. The van der Waals surface area contributed by atoms with E-state index in [9.17, 15) is 4.79 Å². The van der Waals surface area contributed by atoms with Crippen LogP contribution in [0.1, 0.15) is 12.5 Å². The Kier molecular flexibility index (Phi) is 2.41. The highest BCUT2D eigenvalue weighted by atomic mass is 16.4. The summed E-state index contributed by atoms with van der Waals surface area (Å²) in [6.45, 7) is 2.85. The van der Waals surface area contributed by atoms with E-state index < -0.39 is 5.97 Å². The molecule has 78 valence electrons. The van der Waals surface area contributed by atoms with Crippen LogP contribution in [0, 0.1) is 0 Å². The first kappa shape index (κ1) is 9.71. The summed E-state index contributed by atoms with van der Waals surface area (Å²) >= 11 is 0. The highest BCUT2D eigenvalue weighted by Gasteiger charge is 2.04. The Hall–Kier alpha value is -1.84. The van der Waals surface area contributed by atoms with E-state index in [0.29, 0.717) is 0 Å². The molecular formula is C11H12N2O2. The average Bonchev–Trinajstić information content (AvgIpc) is 2.58. The fraction of sp³-hybridized carbons (Fsp3) is 0.273. The van der Waals surface area contributed by atoms with Crippen LogP contribution in [0.4, 0.5) is 0 Å². The minimum Gasteiger partial charge on any atom is -0.481 e. The van der Waals surface area contributed by atoms with Gasteiger partial charge in [-0.3, -0.25) is 9.48 Å². The van der Waals surface area contributed by atoms with E-state index >= 15 is 0 Å². The van der Waals surface area contributed by atoms with Gasteiger partial charge in [-0.25, -0.2) is 0 Å². The van der Waals surface area contributed by atoms with E-state index in [1.54, 1.807) is 6.20 Å². The number of nitrogens with zero attached hydrogens (tertiary/aromatic N) is 2. The molecule has 0 aliphatic carbocycles. The largest absolute Gasteiger partial charge is 0.481 e. The smallest absolute Gasteiger partial charge is 0.307 e. The van der Waals surface area contributed by atoms with E-state index in [0.717, 1.165) is 23.0 Å². The predicted octanol–water partition coefficient (Wildman–Crippen LogP) is 1.68.